The van der Waals surface area contributed by atoms with Gasteiger partial charge in [0.2, 0.25) is 5.91 Å². The van der Waals surface area contributed by atoms with Gasteiger partial charge in [0.25, 0.3) is 5.91 Å². The number of benzene rings is 4. The van der Waals surface area contributed by atoms with Gasteiger partial charge in [-0.25, -0.2) is 0 Å². The number of ether oxygens (including phenoxy) is 1. The smallest absolute Gasteiger partial charge is 0.255 e. The van der Waals surface area contributed by atoms with Gasteiger partial charge in [0.1, 0.15) is 18.5 Å². The van der Waals surface area contributed by atoms with Crippen molar-refractivity contribution in [3.05, 3.63) is 108 Å². The first-order valence-corrected chi connectivity index (χ1v) is 14.2. The van der Waals surface area contributed by atoms with Crippen molar-refractivity contribution in [1.29, 1.82) is 0 Å². The monoisotopic (exact) mass is 564 g/mol. The number of carbonyl (C=O) groups is 2. The van der Waals surface area contributed by atoms with E-state index < -0.39 is 12.0 Å². The summed E-state index contributed by atoms with van der Waals surface area (Å²) in [6.45, 7) is 3.64. The summed E-state index contributed by atoms with van der Waals surface area (Å²) in [6.07, 6.45) is 1.27. The number of aliphatic hydroxyl groups excluding tert-OH is 1. The molecule has 1 aromatic heterocycles. The number of anilines is 1. The molecule has 8 heteroatoms. The van der Waals surface area contributed by atoms with Gasteiger partial charge in [-0.3, -0.25) is 9.59 Å². The number of nitrogens with two attached hydrogens (primary N) is 1. The molecule has 5 aromatic rings. The lowest BCUT2D eigenvalue weighted by atomic mass is 10.0. The summed E-state index contributed by atoms with van der Waals surface area (Å²) >= 11 is 0. The number of hydrogen-bond acceptors (Lipinski definition) is 5. The summed E-state index contributed by atoms with van der Waals surface area (Å²) < 4.78 is 6.03. The highest BCUT2D eigenvalue weighted by atomic mass is 16.5. The number of nitrogens with one attached hydrogen (secondary N) is 3. The number of carbonyl (C=O) groups excluding carboxylic acids is 2. The number of para-hydroxylation sites is 1. The Balaban J connectivity index is 1.02. The maximum absolute atomic E-state index is 12.5. The summed E-state index contributed by atoms with van der Waals surface area (Å²) in [6, 6.07) is 28.1. The Kier molecular flexibility index (Phi) is 9.16. The quantitative estimate of drug-likeness (QED) is 0.133. The van der Waals surface area contributed by atoms with Gasteiger partial charge < -0.3 is 31.2 Å². The number of aliphatic hydroxyl groups is 1. The van der Waals surface area contributed by atoms with Crippen LogP contribution in [0.25, 0.3) is 21.8 Å². The standard InChI is InChI=1S/C34H36N4O4/c1-22(9-10-23-11-17-26(18-12-23)37-34(41)25-15-13-24(14-16-25)33(35)40)19-36-20-27(39)21-42-31-8-4-7-30-32(31)28-5-2-3-6-29(28)38-30/h2-8,11-18,22,27,36,38-39H,9-10,19-21H2,1H3,(H2,35,40)(H,37,41). The zero-order chi connectivity index (χ0) is 29.5. The van der Waals surface area contributed by atoms with E-state index in [0.29, 0.717) is 29.3 Å². The first kappa shape index (κ1) is 28.9. The summed E-state index contributed by atoms with van der Waals surface area (Å²) in [7, 11) is 0. The molecule has 0 saturated carbocycles. The van der Waals surface area contributed by atoms with E-state index in [-0.39, 0.29) is 12.5 Å². The van der Waals surface area contributed by atoms with Crippen LogP contribution in [0.5, 0.6) is 5.75 Å². The Bertz CT molecular complexity index is 1660. The third kappa shape index (κ3) is 7.15. The molecule has 4 aromatic carbocycles. The molecule has 0 aliphatic carbocycles. The summed E-state index contributed by atoms with van der Waals surface area (Å²) in [5.41, 5.74) is 10.0. The van der Waals surface area contributed by atoms with Crippen LogP contribution in [0, 0.1) is 5.92 Å². The van der Waals surface area contributed by atoms with Gasteiger partial charge in [-0.05, 0) is 85.5 Å². The number of aromatic amines is 1. The minimum absolute atomic E-state index is 0.210. The molecular formula is C34H36N4O4. The number of primary amides is 1. The Morgan fingerprint density at radius 2 is 1.60 bits per heavy atom. The highest BCUT2D eigenvalue weighted by Gasteiger charge is 2.13. The van der Waals surface area contributed by atoms with Crippen LogP contribution in [0.1, 0.15) is 39.6 Å². The van der Waals surface area contributed by atoms with Crippen LogP contribution in [0.2, 0.25) is 0 Å². The number of fused-ring (bicyclic) bond motifs is 3. The number of amides is 2. The van der Waals surface area contributed by atoms with Crippen molar-refractivity contribution in [3.8, 4) is 5.75 Å². The molecule has 42 heavy (non-hydrogen) atoms. The number of aryl methyl sites for hydroxylation is 1. The fourth-order valence-corrected chi connectivity index (χ4v) is 4.99. The average Bonchev–Trinajstić information content (AvgIpc) is 3.39. The lowest BCUT2D eigenvalue weighted by Gasteiger charge is -2.17. The van der Waals surface area contributed by atoms with Gasteiger partial charge in [-0.15, -0.1) is 0 Å². The molecule has 0 saturated heterocycles. The molecule has 6 N–H and O–H groups in total. The average molecular weight is 565 g/mol. The third-order valence-corrected chi connectivity index (χ3v) is 7.37. The van der Waals surface area contributed by atoms with Crippen molar-refractivity contribution in [3.63, 3.8) is 0 Å². The third-order valence-electron chi connectivity index (χ3n) is 7.37. The van der Waals surface area contributed by atoms with E-state index >= 15 is 0 Å². The van der Waals surface area contributed by atoms with Crippen molar-refractivity contribution in [2.24, 2.45) is 11.7 Å². The van der Waals surface area contributed by atoms with Crippen molar-refractivity contribution in [1.82, 2.24) is 10.3 Å². The van der Waals surface area contributed by atoms with Gasteiger partial charge in [0.15, 0.2) is 0 Å². The molecule has 2 atom stereocenters. The van der Waals surface area contributed by atoms with Gasteiger partial charge in [-0.1, -0.05) is 43.3 Å². The van der Waals surface area contributed by atoms with E-state index in [1.807, 2.05) is 60.7 Å². The number of hydrogen-bond donors (Lipinski definition) is 5. The first-order valence-electron chi connectivity index (χ1n) is 14.2. The molecular weight excluding hydrogens is 528 g/mol. The molecule has 8 nitrogen and oxygen atoms in total. The molecule has 1 heterocycles. The maximum Gasteiger partial charge on any atom is 0.255 e. The fraction of sp³-hybridized carbons (Fsp3) is 0.235. The zero-order valence-electron chi connectivity index (χ0n) is 23.6. The zero-order valence-corrected chi connectivity index (χ0v) is 23.6. The van der Waals surface area contributed by atoms with Crippen molar-refractivity contribution < 1.29 is 19.4 Å². The molecule has 0 fully saturated rings. The maximum atomic E-state index is 12.5. The van der Waals surface area contributed by atoms with E-state index in [1.54, 1.807) is 12.1 Å². The minimum atomic E-state index is -0.624. The lowest BCUT2D eigenvalue weighted by molar-refractivity contribution is 0.0995. The van der Waals surface area contributed by atoms with Crippen molar-refractivity contribution in [2.75, 3.05) is 25.0 Å². The predicted molar refractivity (Wildman–Crippen MR) is 167 cm³/mol. The van der Waals surface area contributed by atoms with E-state index in [2.05, 4.69) is 28.6 Å². The van der Waals surface area contributed by atoms with Crippen LogP contribution in [0.4, 0.5) is 5.69 Å². The highest BCUT2D eigenvalue weighted by molar-refractivity contribution is 6.10. The molecule has 2 unspecified atom stereocenters. The first-order chi connectivity index (χ1) is 20.4. The molecule has 0 aliphatic heterocycles. The van der Waals surface area contributed by atoms with Crippen molar-refractivity contribution >= 4 is 39.3 Å². The Morgan fingerprint density at radius 3 is 2.36 bits per heavy atom. The van der Waals surface area contributed by atoms with Crippen LogP contribution in [-0.2, 0) is 6.42 Å². The number of rotatable bonds is 13. The number of aromatic nitrogens is 1. The molecule has 0 bridgehead atoms. The minimum Gasteiger partial charge on any atom is -0.490 e. The molecule has 216 valence electrons. The topological polar surface area (TPSA) is 129 Å². The Morgan fingerprint density at radius 1 is 0.881 bits per heavy atom. The van der Waals surface area contributed by atoms with E-state index in [1.165, 1.54) is 17.7 Å². The van der Waals surface area contributed by atoms with Gasteiger partial charge in [0.05, 0.1) is 5.52 Å². The van der Waals surface area contributed by atoms with Crippen LogP contribution in [0.15, 0.2) is 91.0 Å². The van der Waals surface area contributed by atoms with Crippen LogP contribution in [-0.4, -0.2) is 47.7 Å². The highest BCUT2D eigenvalue weighted by Crippen LogP contribution is 2.33. The molecule has 0 spiro atoms. The second-order valence-electron chi connectivity index (χ2n) is 10.7. The van der Waals surface area contributed by atoms with Crippen LogP contribution >= 0.6 is 0 Å². The van der Waals surface area contributed by atoms with Crippen LogP contribution in [0.3, 0.4) is 0 Å². The normalized spacial score (nSPS) is 12.7. The predicted octanol–water partition coefficient (Wildman–Crippen LogP) is 5.27. The Hall–Kier alpha value is -4.66. The second kappa shape index (κ2) is 13.3. The molecule has 5 rings (SSSR count). The van der Waals surface area contributed by atoms with E-state index in [4.69, 9.17) is 10.5 Å². The largest absolute Gasteiger partial charge is 0.490 e. The Labute approximate surface area is 244 Å². The second-order valence-corrected chi connectivity index (χ2v) is 10.7. The molecule has 2 amide bonds. The van der Waals surface area contributed by atoms with Crippen LogP contribution < -0.4 is 21.1 Å². The molecule has 0 aliphatic rings. The fourth-order valence-electron chi connectivity index (χ4n) is 4.99. The summed E-state index contributed by atoms with van der Waals surface area (Å²) in [5, 5.41) is 18.9. The van der Waals surface area contributed by atoms with Gasteiger partial charge in [0, 0.05) is 39.6 Å². The lowest BCUT2D eigenvalue weighted by Crippen LogP contribution is -2.33. The van der Waals surface area contributed by atoms with E-state index in [0.717, 1.165) is 46.9 Å². The SMILES string of the molecule is CC(CCc1ccc(NC(=O)c2ccc(C(N)=O)cc2)cc1)CNCC(O)COc1cccc2[nH]c3ccccc3c12. The van der Waals surface area contributed by atoms with Gasteiger partial charge in [-0.2, -0.15) is 0 Å². The number of H-pyrrole nitrogens is 1. The van der Waals surface area contributed by atoms with Crippen molar-refractivity contribution in [2.45, 2.75) is 25.9 Å². The summed E-state index contributed by atoms with van der Waals surface area (Å²) in [5.74, 6) is 0.407. The van der Waals surface area contributed by atoms with E-state index in [9.17, 15) is 14.7 Å². The molecule has 0 radical (unpaired) electrons. The summed E-state index contributed by atoms with van der Waals surface area (Å²) in [4.78, 5) is 27.1. The van der Waals surface area contributed by atoms with Gasteiger partial charge >= 0.3 is 0 Å².